The number of carbonyl (C=O) groups excluding carboxylic acids is 2. The zero-order valence-corrected chi connectivity index (χ0v) is 15.2. The second kappa shape index (κ2) is 6.23. The van der Waals surface area contributed by atoms with Crippen LogP contribution in [0, 0.1) is 12.7 Å². The van der Waals surface area contributed by atoms with Crippen molar-refractivity contribution in [2.75, 3.05) is 6.61 Å². The topological polar surface area (TPSA) is 93.5 Å². The van der Waals surface area contributed by atoms with E-state index < -0.39 is 5.82 Å². The average molecular weight is 394 g/mol. The van der Waals surface area contributed by atoms with Gasteiger partial charge < -0.3 is 19.8 Å². The number of benzene rings is 1. The first-order valence-electron chi connectivity index (χ1n) is 8.42. The molecule has 1 aromatic heterocycles. The SMILES string of the molecule is Cc1nc(C(=O)NC23CC(NC(=O)COc4ccc(Cl)c(F)c4)(C2)C3)co1. The Morgan fingerprint density at radius 1 is 1.30 bits per heavy atom. The predicted octanol–water partition coefficient (Wildman–Crippen LogP) is 2.38. The summed E-state index contributed by atoms with van der Waals surface area (Å²) in [7, 11) is 0. The smallest absolute Gasteiger partial charge is 0.273 e. The summed E-state index contributed by atoms with van der Waals surface area (Å²) in [5, 5.41) is 5.88. The van der Waals surface area contributed by atoms with Crippen LogP contribution in [0.5, 0.6) is 5.75 Å². The molecule has 0 saturated heterocycles. The molecular formula is C18H17ClFN3O4. The summed E-state index contributed by atoms with van der Waals surface area (Å²) in [6.45, 7) is 1.45. The van der Waals surface area contributed by atoms with E-state index in [0.717, 1.165) is 6.07 Å². The summed E-state index contributed by atoms with van der Waals surface area (Å²) in [5.74, 6) is -0.510. The van der Waals surface area contributed by atoms with Crippen molar-refractivity contribution >= 4 is 23.4 Å². The molecule has 2 N–H and O–H groups in total. The molecule has 2 aromatic rings. The average Bonchev–Trinajstić information content (AvgIpc) is 2.99. The third-order valence-corrected chi connectivity index (χ3v) is 5.23. The molecule has 2 bridgehead atoms. The lowest BCUT2D eigenvalue weighted by molar-refractivity contribution is -0.141. The van der Waals surface area contributed by atoms with Gasteiger partial charge in [0.05, 0.1) is 5.02 Å². The maximum atomic E-state index is 13.4. The monoisotopic (exact) mass is 393 g/mol. The summed E-state index contributed by atoms with van der Waals surface area (Å²) in [6, 6.07) is 4.00. The van der Waals surface area contributed by atoms with E-state index in [-0.39, 0.29) is 46.0 Å². The van der Waals surface area contributed by atoms with E-state index in [4.69, 9.17) is 20.8 Å². The molecule has 1 heterocycles. The summed E-state index contributed by atoms with van der Waals surface area (Å²) >= 11 is 5.60. The summed E-state index contributed by atoms with van der Waals surface area (Å²) in [6.07, 6.45) is 3.29. The molecule has 27 heavy (non-hydrogen) atoms. The van der Waals surface area contributed by atoms with Gasteiger partial charge in [-0.1, -0.05) is 11.6 Å². The number of carbonyl (C=O) groups is 2. The summed E-state index contributed by atoms with van der Waals surface area (Å²) < 4.78 is 23.7. The van der Waals surface area contributed by atoms with Crippen LogP contribution < -0.4 is 15.4 Å². The van der Waals surface area contributed by atoms with Crippen molar-refractivity contribution in [3.63, 3.8) is 0 Å². The Kier molecular flexibility index (Phi) is 4.10. The van der Waals surface area contributed by atoms with Crippen molar-refractivity contribution < 1.29 is 23.1 Å². The highest BCUT2D eigenvalue weighted by molar-refractivity contribution is 6.30. The quantitative estimate of drug-likeness (QED) is 0.786. The number of rotatable bonds is 6. The Bertz CT molecular complexity index is 909. The number of halogens is 2. The molecule has 5 rings (SSSR count). The van der Waals surface area contributed by atoms with Crippen LogP contribution in [-0.2, 0) is 4.79 Å². The molecule has 0 unspecified atom stereocenters. The third kappa shape index (κ3) is 3.37. The van der Waals surface area contributed by atoms with Gasteiger partial charge in [0, 0.05) is 24.1 Å². The Morgan fingerprint density at radius 3 is 2.63 bits per heavy atom. The van der Waals surface area contributed by atoms with Gasteiger partial charge >= 0.3 is 0 Å². The number of hydrogen-bond donors (Lipinski definition) is 2. The van der Waals surface area contributed by atoms with E-state index in [1.54, 1.807) is 6.92 Å². The molecule has 3 fully saturated rings. The number of nitrogens with one attached hydrogen (secondary N) is 2. The Hall–Kier alpha value is -2.61. The fourth-order valence-electron chi connectivity index (χ4n) is 3.87. The molecule has 7 nitrogen and oxygen atoms in total. The zero-order chi connectivity index (χ0) is 19.2. The summed E-state index contributed by atoms with van der Waals surface area (Å²) in [4.78, 5) is 28.2. The second-order valence-corrected chi connectivity index (χ2v) is 7.62. The van der Waals surface area contributed by atoms with E-state index in [0.29, 0.717) is 25.2 Å². The van der Waals surface area contributed by atoms with E-state index >= 15 is 0 Å². The molecule has 3 saturated carbocycles. The van der Waals surface area contributed by atoms with Crippen molar-refractivity contribution in [2.24, 2.45) is 0 Å². The lowest BCUT2D eigenvalue weighted by atomic mass is 9.44. The molecule has 0 spiro atoms. The second-order valence-electron chi connectivity index (χ2n) is 7.21. The van der Waals surface area contributed by atoms with Gasteiger partial charge in [0.2, 0.25) is 0 Å². The van der Waals surface area contributed by atoms with Gasteiger partial charge in [0.15, 0.2) is 18.2 Å². The van der Waals surface area contributed by atoms with Gasteiger partial charge in [-0.3, -0.25) is 9.59 Å². The van der Waals surface area contributed by atoms with Crippen molar-refractivity contribution in [1.29, 1.82) is 0 Å². The van der Waals surface area contributed by atoms with Gasteiger partial charge in [0.1, 0.15) is 17.8 Å². The van der Waals surface area contributed by atoms with Crippen LogP contribution in [-0.4, -0.2) is 34.5 Å². The molecule has 142 valence electrons. The highest BCUT2D eigenvalue weighted by atomic mass is 35.5. The molecule has 2 amide bonds. The van der Waals surface area contributed by atoms with E-state index in [9.17, 15) is 14.0 Å². The van der Waals surface area contributed by atoms with Crippen molar-refractivity contribution in [3.8, 4) is 5.75 Å². The number of oxazole rings is 1. The van der Waals surface area contributed by atoms with Gasteiger partial charge in [-0.15, -0.1) is 0 Å². The molecule has 0 atom stereocenters. The first-order chi connectivity index (χ1) is 12.8. The van der Waals surface area contributed by atoms with Crippen LogP contribution in [0.1, 0.15) is 35.6 Å². The lowest BCUT2D eigenvalue weighted by Gasteiger charge is -2.70. The number of ether oxygens (including phenoxy) is 1. The Morgan fingerprint density at radius 2 is 2.00 bits per heavy atom. The predicted molar refractivity (Wildman–Crippen MR) is 93.1 cm³/mol. The maximum absolute atomic E-state index is 13.4. The van der Waals surface area contributed by atoms with Crippen LogP contribution in [0.4, 0.5) is 4.39 Å². The maximum Gasteiger partial charge on any atom is 0.273 e. The van der Waals surface area contributed by atoms with Crippen LogP contribution >= 0.6 is 11.6 Å². The largest absolute Gasteiger partial charge is 0.484 e. The lowest BCUT2D eigenvalue weighted by Crippen LogP contribution is -2.84. The van der Waals surface area contributed by atoms with E-state index in [2.05, 4.69) is 15.6 Å². The standard InChI is InChI=1S/C18H17ClFN3O4/c1-10-21-14(5-26-10)16(25)23-18-7-17(8-18,9-18)22-15(24)6-27-11-2-3-12(19)13(20)4-11/h2-5H,6-9H2,1H3,(H,22,24)(H,23,25). The van der Waals surface area contributed by atoms with Crippen molar-refractivity contribution in [3.05, 3.63) is 46.9 Å². The normalized spacial score (nSPS) is 25.1. The molecule has 3 aliphatic carbocycles. The minimum absolute atomic E-state index is 0.00575. The number of aromatic nitrogens is 1. The molecule has 0 radical (unpaired) electrons. The Labute approximate surface area is 159 Å². The van der Waals surface area contributed by atoms with E-state index in [1.807, 2.05) is 0 Å². The molecular weight excluding hydrogens is 377 g/mol. The van der Waals surface area contributed by atoms with Gasteiger partial charge in [-0.2, -0.15) is 0 Å². The molecule has 0 aliphatic heterocycles. The van der Waals surface area contributed by atoms with Crippen molar-refractivity contribution in [1.82, 2.24) is 15.6 Å². The van der Waals surface area contributed by atoms with E-state index in [1.165, 1.54) is 18.4 Å². The minimum atomic E-state index is -0.603. The van der Waals surface area contributed by atoms with Crippen molar-refractivity contribution in [2.45, 2.75) is 37.3 Å². The Balaban J connectivity index is 1.23. The first-order valence-corrected chi connectivity index (χ1v) is 8.80. The van der Waals surface area contributed by atoms with Gasteiger partial charge in [-0.25, -0.2) is 9.37 Å². The number of hydrogen-bond acceptors (Lipinski definition) is 5. The molecule has 1 aromatic carbocycles. The number of amides is 2. The van der Waals surface area contributed by atoms with Crippen LogP contribution in [0.25, 0.3) is 0 Å². The van der Waals surface area contributed by atoms with Crippen LogP contribution in [0.3, 0.4) is 0 Å². The molecule has 3 aliphatic rings. The van der Waals surface area contributed by atoms with Crippen LogP contribution in [0.15, 0.2) is 28.9 Å². The van der Waals surface area contributed by atoms with Gasteiger partial charge in [-0.05, 0) is 31.4 Å². The third-order valence-electron chi connectivity index (χ3n) is 4.93. The minimum Gasteiger partial charge on any atom is -0.484 e. The fourth-order valence-corrected chi connectivity index (χ4v) is 3.99. The fraction of sp³-hybridized carbons (Fsp3) is 0.389. The first kappa shape index (κ1) is 17.8. The summed E-state index contributed by atoms with van der Waals surface area (Å²) in [5.41, 5.74) is -0.352. The van der Waals surface area contributed by atoms with Crippen LogP contribution in [0.2, 0.25) is 5.02 Å². The number of nitrogens with zero attached hydrogens (tertiary/aromatic N) is 1. The highest BCUT2D eigenvalue weighted by Gasteiger charge is 2.69. The number of aryl methyl sites for hydroxylation is 1. The highest BCUT2D eigenvalue weighted by Crippen LogP contribution is 2.60. The molecule has 9 heteroatoms. The van der Waals surface area contributed by atoms with Gasteiger partial charge in [0.25, 0.3) is 11.8 Å². The zero-order valence-electron chi connectivity index (χ0n) is 14.5.